The predicted molar refractivity (Wildman–Crippen MR) is 74.1 cm³/mol. The first-order valence-electron chi connectivity index (χ1n) is 5.43. The molecule has 0 fully saturated rings. The van der Waals surface area contributed by atoms with E-state index in [-0.39, 0.29) is 23.2 Å². The lowest BCUT2D eigenvalue weighted by atomic mass is 9.85. The minimum atomic E-state index is -0.182. The summed E-state index contributed by atoms with van der Waals surface area (Å²) in [5, 5.41) is 0. The number of hydrogen-bond acceptors (Lipinski definition) is 1. The Bertz CT molecular complexity index is 399. The smallest absolute Gasteiger partial charge is 0.242 e. The maximum Gasteiger partial charge on any atom is 0.242 e. The Hall–Kier alpha value is -0.730. The Labute approximate surface area is 113 Å². The van der Waals surface area contributed by atoms with E-state index >= 15 is 0 Å². The van der Waals surface area contributed by atoms with Gasteiger partial charge in [-0.05, 0) is 17.0 Å². The van der Waals surface area contributed by atoms with E-state index < -0.39 is 0 Å². The lowest BCUT2D eigenvalue weighted by Gasteiger charge is -2.28. The number of alkyl halides is 2. The normalized spacial score (nSPS) is 11.4. The third kappa shape index (κ3) is 3.36. The van der Waals surface area contributed by atoms with E-state index in [1.807, 2.05) is 24.3 Å². The number of nitrogens with zero attached hydrogens (tertiary/aromatic N) is 1. The summed E-state index contributed by atoms with van der Waals surface area (Å²) in [4.78, 5) is 13.2. The minimum Gasteiger partial charge on any atom is -0.297 e. The van der Waals surface area contributed by atoms with Crippen molar-refractivity contribution in [2.24, 2.45) is 0 Å². The fraction of sp³-hybridized carbons (Fsp3) is 0.462. The molecule has 0 N–H and O–H groups in total. The van der Waals surface area contributed by atoms with Gasteiger partial charge in [-0.1, -0.05) is 39.0 Å². The number of halogens is 2. The van der Waals surface area contributed by atoms with E-state index in [1.165, 1.54) is 4.90 Å². The summed E-state index contributed by atoms with van der Waals surface area (Å²) in [6, 6.07) is 7.87. The van der Waals surface area contributed by atoms with Crippen LogP contribution in [0.15, 0.2) is 24.3 Å². The number of amides is 1. The van der Waals surface area contributed by atoms with Crippen molar-refractivity contribution in [3.8, 4) is 0 Å². The van der Waals surface area contributed by atoms with Crippen molar-refractivity contribution in [2.45, 2.75) is 26.2 Å². The van der Waals surface area contributed by atoms with Crippen molar-refractivity contribution in [1.82, 2.24) is 0 Å². The molecule has 0 aromatic heterocycles. The Kier molecular flexibility index (Phi) is 4.84. The van der Waals surface area contributed by atoms with Gasteiger partial charge in [0.2, 0.25) is 5.91 Å². The largest absolute Gasteiger partial charge is 0.297 e. The molecule has 0 aliphatic heterocycles. The highest BCUT2D eigenvalue weighted by Gasteiger charge is 2.23. The van der Waals surface area contributed by atoms with E-state index in [2.05, 4.69) is 20.8 Å². The van der Waals surface area contributed by atoms with Gasteiger partial charge in [-0.3, -0.25) is 9.69 Å². The van der Waals surface area contributed by atoms with Crippen molar-refractivity contribution in [1.29, 1.82) is 0 Å². The summed E-state index contributed by atoms with van der Waals surface area (Å²) in [6.45, 7) is 6.30. The van der Waals surface area contributed by atoms with Gasteiger partial charge >= 0.3 is 0 Å². The molecule has 0 heterocycles. The average Bonchev–Trinajstić information content (AvgIpc) is 2.29. The summed E-state index contributed by atoms with van der Waals surface area (Å²) < 4.78 is 0. The first-order chi connectivity index (χ1) is 7.91. The Balaban J connectivity index is 3.25. The summed E-state index contributed by atoms with van der Waals surface area (Å²) in [6.07, 6.45) is 0. The number of benzene rings is 1. The van der Waals surface area contributed by atoms with Crippen molar-refractivity contribution in [2.75, 3.05) is 16.8 Å². The third-order valence-corrected chi connectivity index (χ3v) is 3.01. The summed E-state index contributed by atoms with van der Waals surface area (Å²) in [7, 11) is 0. The van der Waals surface area contributed by atoms with E-state index in [4.69, 9.17) is 23.2 Å². The quantitative estimate of drug-likeness (QED) is 0.607. The summed E-state index contributed by atoms with van der Waals surface area (Å²) >= 11 is 11.4. The molecule has 0 saturated heterocycles. The van der Waals surface area contributed by atoms with Gasteiger partial charge in [0.15, 0.2) is 0 Å². The molecule has 0 bridgehead atoms. The molecule has 1 aromatic rings. The van der Waals surface area contributed by atoms with Gasteiger partial charge in [-0.25, -0.2) is 0 Å². The van der Waals surface area contributed by atoms with Crippen LogP contribution >= 0.6 is 23.2 Å². The minimum absolute atomic E-state index is 0.0481. The van der Waals surface area contributed by atoms with E-state index in [1.54, 1.807) is 0 Å². The van der Waals surface area contributed by atoms with E-state index in [9.17, 15) is 4.79 Å². The Morgan fingerprint density at radius 3 is 2.29 bits per heavy atom. The fourth-order valence-electron chi connectivity index (χ4n) is 1.68. The highest BCUT2D eigenvalue weighted by atomic mass is 35.5. The van der Waals surface area contributed by atoms with Crippen molar-refractivity contribution < 1.29 is 4.79 Å². The molecule has 1 rings (SSSR count). The second-order valence-corrected chi connectivity index (χ2v) is 5.35. The molecule has 4 heteroatoms. The zero-order valence-corrected chi connectivity index (χ0v) is 11.8. The molecule has 0 radical (unpaired) electrons. The summed E-state index contributed by atoms with van der Waals surface area (Å²) in [5.41, 5.74) is 1.87. The highest BCUT2D eigenvalue weighted by molar-refractivity contribution is 6.31. The molecular formula is C13H17Cl2NO. The van der Waals surface area contributed by atoms with Gasteiger partial charge in [0, 0.05) is 5.69 Å². The molecule has 1 aromatic carbocycles. The monoisotopic (exact) mass is 273 g/mol. The standard InChI is InChI=1S/C13H17Cl2NO/c1-13(2,3)10-6-4-5-7-11(10)16(9-15)12(17)8-14/h4-7H,8-9H2,1-3H3. The van der Waals surface area contributed by atoms with Crippen LogP contribution in [0.5, 0.6) is 0 Å². The van der Waals surface area contributed by atoms with Crippen LogP contribution < -0.4 is 4.90 Å². The number of carbonyl (C=O) groups is 1. The Morgan fingerprint density at radius 1 is 1.24 bits per heavy atom. The highest BCUT2D eigenvalue weighted by Crippen LogP contribution is 2.32. The third-order valence-electron chi connectivity index (χ3n) is 2.54. The Morgan fingerprint density at radius 2 is 1.82 bits per heavy atom. The van der Waals surface area contributed by atoms with E-state index in [0.717, 1.165) is 11.3 Å². The number of anilines is 1. The lowest BCUT2D eigenvalue weighted by Crippen LogP contribution is -2.32. The molecule has 0 atom stereocenters. The molecule has 94 valence electrons. The van der Waals surface area contributed by atoms with Gasteiger partial charge in [-0.2, -0.15) is 0 Å². The van der Waals surface area contributed by atoms with Gasteiger partial charge < -0.3 is 0 Å². The second-order valence-electron chi connectivity index (χ2n) is 4.84. The van der Waals surface area contributed by atoms with Crippen LogP contribution in [-0.4, -0.2) is 17.8 Å². The van der Waals surface area contributed by atoms with Crippen LogP contribution in [-0.2, 0) is 10.2 Å². The van der Waals surface area contributed by atoms with Gasteiger partial charge in [0.05, 0.1) is 0 Å². The SMILES string of the molecule is CC(C)(C)c1ccccc1N(CCl)C(=O)CCl. The van der Waals surface area contributed by atoms with Gasteiger partial charge in [0.25, 0.3) is 0 Å². The van der Waals surface area contributed by atoms with Crippen LogP contribution in [0.25, 0.3) is 0 Å². The fourth-order valence-corrected chi connectivity index (χ4v) is 2.09. The van der Waals surface area contributed by atoms with Gasteiger partial charge in [0.1, 0.15) is 11.9 Å². The number of hydrogen-bond donors (Lipinski definition) is 0. The van der Waals surface area contributed by atoms with Crippen LogP contribution in [0.2, 0.25) is 0 Å². The molecule has 17 heavy (non-hydrogen) atoms. The maximum atomic E-state index is 11.7. The molecule has 0 aliphatic rings. The zero-order valence-electron chi connectivity index (χ0n) is 10.3. The number of rotatable bonds is 3. The molecule has 1 amide bonds. The molecular weight excluding hydrogens is 257 g/mol. The first-order valence-corrected chi connectivity index (χ1v) is 6.50. The molecule has 2 nitrogen and oxygen atoms in total. The second kappa shape index (κ2) is 5.74. The number of carbonyl (C=O) groups excluding carboxylic acids is 1. The lowest BCUT2D eigenvalue weighted by molar-refractivity contribution is -0.116. The average molecular weight is 274 g/mol. The van der Waals surface area contributed by atoms with Crippen molar-refractivity contribution in [3.63, 3.8) is 0 Å². The topological polar surface area (TPSA) is 20.3 Å². The van der Waals surface area contributed by atoms with Crippen LogP contribution in [0.3, 0.4) is 0 Å². The van der Waals surface area contributed by atoms with Crippen LogP contribution in [0.1, 0.15) is 26.3 Å². The molecule has 0 unspecified atom stereocenters. The van der Waals surface area contributed by atoms with Crippen molar-refractivity contribution >= 4 is 34.8 Å². The first kappa shape index (κ1) is 14.3. The summed E-state index contributed by atoms with van der Waals surface area (Å²) in [5.74, 6) is -0.246. The predicted octanol–water partition coefficient (Wildman–Crippen LogP) is 3.75. The molecule has 0 spiro atoms. The zero-order chi connectivity index (χ0) is 13.1. The maximum absolute atomic E-state index is 11.7. The van der Waals surface area contributed by atoms with Gasteiger partial charge in [-0.15, -0.1) is 23.2 Å². The van der Waals surface area contributed by atoms with Crippen LogP contribution in [0, 0.1) is 0 Å². The number of para-hydroxylation sites is 1. The van der Waals surface area contributed by atoms with Crippen molar-refractivity contribution in [3.05, 3.63) is 29.8 Å². The molecule has 0 aliphatic carbocycles. The van der Waals surface area contributed by atoms with Crippen LogP contribution in [0.4, 0.5) is 5.69 Å². The molecule has 0 saturated carbocycles. The van der Waals surface area contributed by atoms with E-state index in [0.29, 0.717) is 0 Å².